The second kappa shape index (κ2) is 6.44. The molecule has 6 nitrogen and oxygen atoms in total. The molecule has 0 bridgehead atoms. The van der Waals surface area contributed by atoms with Gasteiger partial charge in [0, 0.05) is 19.3 Å². The summed E-state index contributed by atoms with van der Waals surface area (Å²) in [5.41, 5.74) is 0.834. The Labute approximate surface area is 152 Å². The summed E-state index contributed by atoms with van der Waals surface area (Å²) in [4.78, 5) is 30.2. The Morgan fingerprint density at radius 1 is 1.04 bits per heavy atom. The predicted molar refractivity (Wildman–Crippen MR) is 95.5 cm³/mol. The van der Waals surface area contributed by atoms with Crippen LogP contribution in [0.25, 0.3) is 0 Å². The lowest BCUT2D eigenvalue weighted by molar-refractivity contribution is -0.143. The SMILES string of the molecule is COc1ccc(C2(C(=O)N3CCCN3C(=O)c3ccccn3)CC2)cc1. The third-order valence-electron chi connectivity index (χ3n) is 5.19. The van der Waals surface area contributed by atoms with Crippen LogP contribution < -0.4 is 4.74 Å². The summed E-state index contributed by atoms with van der Waals surface area (Å²) >= 11 is 0. The fourth-order valence-corrected chi connectivity index (χ4v) is 3.56. The van der Waals surface area contributed by atoms with E-state index in [1.807, 2.05) is 24.3 Å². The number of pyridine rings is 1. The van der Waals surface area contributed by atoms with Gasteiger partial charge in [-0.2, -0.15) is 0 Å². The Bertz CT molecular complexity index is 816. The predicted octanol–water partition coefficient (Wildman–Crippen LogP) is 2.41. The maximum atomic E-state index is 13.3. The van der Waals surface area contributed by atoms with Crippen LogP contribution in [0.3, 0.4) is 0 Å². The summed E-state index contributed by atoms with van der Waals surface area (Å²) in [7, 11) is 1.62. The molecule has 2 amide bonds. The second-order valence-electron chi connectivity index (χ2n) is 6.74. The molecular formula is C20H21N3O3. The number of benzene rings is 1. The number of carbonyl (C=O) groups excluding carboxylic acids is 2. The molecule has 6 heteroatoms. The number of ether oxygens (including phenoxy) is 1. The van der Waals surface area contributed by atoms with E-state index >= 15 is 0 Å². The molecule has 1 aliphatic carbocycles. The van der Waals surface area contributed by atoms with Gasteiger partial charge in [-0.15, -0.1) is 0 Å². The third-order valence-corrected chi connectivity index (χ3v) is 5.19. The van der Waals surface area contributed by atoms with Gasteiger partial charge in [-0.3, -0.25) is 19.6 Å². The largest absolute Gasteiger partial charge is 0.497 e. The first-order chi connectivity index (χ1) is 12.7. The van der Waals surface area contributed by atoms with Crippen LogP contribution in [0.5, 0.6) is 5.75 Å². The molecule has 0 unspecified atom stereocenters. The molecule has 0 atom stereocenters. The molecule has 1 aromatic carbocycles. The number of nitrogens with zero attached hydrogens (tertiary/aromatic N) is 3. The summed E-state index contributed by atoms with van der Waals surface area (Å²) in [6, 6.07) is 12.9. The van der Waals surface area contributed by atoms with Crippen molar-refractivity contribution in [3.8, 4) is 5.75 Å². The lowest BCUT2D eigenvalue weighted by Crippen LogP contribution is -2.49. The summed E-state index contributed by atoms with van der Waals surface area (Å²) < 4.78 is 5.20. The fourth-order valence-electron chi connectivity index (χ4n) is 3.56. The molecule has 134 valence electrons. The van der Waals surface area contributed by atoms with Gasteiger partial charge in [0.05, 0.1) is 12.5 Å². The minimum absolute atomic E-state index is 0.00412. The average molecular weight is 351 g/mol. The van der Waals surface area contributed by atoms with Crippen molar-refractivity contribution in [2.75, 3.05) is 20.2 Å². The molecule has 1 aromatic heterocycles. The van der Waals surface area contributed by atoms with E-state index in [0.717, 1.165) is 30.6 Å². The number of hydrogen-bond acceptors (Lipinski definition) is 4. The molecule has 1 saturated carbocycles. The van der Waals surface area contributed by atoms with Crippen LogP contribution in [0.1, 0.15) is 35.3 Å². The summed E-state index contributed by atoms with van der Waals surface area (Å²) in [6.07, 6.45) is 3.98. The lowest BCUT2D eigenvalue weighted by Gasteiger charge is -2.31. The van der Waals surface area contributed by atoms with Crippen molar-refractivity contribution in [3.63, 3.8) is 0 Å². The molecule has 1 saturated heterocycles. The number of rotatable bonds is 4. The van der Waals surface area contributed by atoms with Gasteiger partial charge in [0.1, 0.15) is 11.4 Å². The quantitative estimate of drug-likeness (QED) is 0.849. The third kappa shape index (κ3) is 2.71. The Kier molecular flexibility index (Phi) is 4.11. The average Bonchev–Trinajstić information content (AvgIpc) is 3.37. The molecule has 0 N–H and O–H groups in total. The topological polar surface area (TPSA) is 62.7 Å². The molecule has 0 spiro atoms. The minimum atomic E-state index is -0.515. The van der Waals surface area contributed by atoms with E-state index in [-0.39, 0.29) is 11.8 Å². The van der Waals surface area contributed by atoms with Gasteiger partial charge >= 0.3 is 0 Å². The molecule has 26 heavy (non-hydrogen) atoms. The van der Waals surface area contributed by atoms with Crippen LogP contribution >= 0.6 is 0 Å². The Morgan fingerprint density at radius 3 is 2.38 bits per heavy atom. The van der Waals surface area contributed by atoms with Gasteiger partial charge in [-0.25, -0.2) is 5.01 Å². The van der Waals surface area contributed by atoms with E-state index < -0.39 is 5.41 Å². The summed E-state index contributed by atoms with van der Waals surface area (Å²) in [5, 5.41) is 3.17. The van der Waals surface area contributed by atoms with Crippen molar-refractivity contribution in [2.24, 2.45) is 0 Å². The molecule has 2 fully saturated rings. The molecule has 2 aromatic rings. The van der Waals surface area contributed by atoms with E-state index in [4.69, 9.17) is 4.74 Å². The highest BCUT2D eigenvalue weighted by Gasteiger charge is 2.55. The number of carbonyl (C=O) groups is 2. The Hall–Kier alpha value is -2.89. The number of amides is 2. The van der Waals surface area contributed by atoms with Crippen LogP contribution in [0.4, 0.5) is 0 Å². The first kappa shape index (κ1) is 16.6. The zero-order valence-corrected chi connectivity index (χ0v) is 14.7. The lowest BCUT2D eigenvalue weighted by atomic mass is 9.94. The molecular weight excluding hydrogens is 330 g/mol. The zero-order chi connectivity index (χ0) is 18.1. The van der Waals surface area contributed by atoms with E-state index in [1.165, 1.54) is 0 Å². The van der Waals surface area contributed by atoms with Crippen LogP contribution in [0, 0.1) is 0 Å². The van der Waals surface area contributed by atoms with Crippen LogP contribution in [-0.2, 0) is 10.2 Å². The highest BCUT2D eigenvalue weighted by atomic mass is 16.5. The summed E-state index contributed by atoms with van der Waals surface area (Å²) in [5.74, 6) is 0.552. The zero-order valence-electron chi connectivity index (χ0n) is 14.7. The maximum absolute atomic E-state index is 13.3. The van der Waals surface area contributed by atoms with E-state index in [9.17, 15) is 9.59 Å². The highest BCUT2D eigenvalue weighted by Crippen LogP contribution is 2.50. The van der Waals surface area contributed by atoms with E-state index in [1.54, 1.807) is 41.5 Å². The van der Waals surface area contributed by atoms with Crippen LogP contribution in [0.2, 0.25) is 0 Å². The molecule has 4 rings (SSSR count). The van der Waals surface area contributed by atoms with Crippen molar-refractivity contribution >= 4 is 11.8 Å². The number of hydrogen-bond donors (Lipinski definition) is 0. The minimum Gasteiger partial charge on any atom is -0.497 e. The summed E-state index contributed by atoms with van der Waals surface area (Å²) in [6.45, 7) is 1.11. The van der Waals surface area contributed by atoms with Crippen LogP contribution in [0.15, 0.2) is 48.7 Å². The monoisotopic (exact) mass is 351 g/mol. The Balaban J connectivity index is 1.57. The number of aromatic nitrogens is 1. The van der Waals surface area contributed by atoms with Gasteiger partial charge in [0.2, 0.25) is 0 Å². The van der Waals surface area contributed by atoms with Gasteiger partial charge in [-0.05, 0) is 49.1 Å². The normalized spacial score (nSPS) is 17.9. The molecule has 2 aliphatic rings. The van der Waals surface area contributed by atoms with Crippen molar-refractivity contribution in [2.45, 2.75) is 24.7 Å². The smallest absolute Gasteiger partial charge is 0.291 e. The van der Waals surface area contributed by atoms with Gasteiger partial charge < -0.3 is 4.74 Å². The highest BCUT2D eigenvalue weighted by molar-refractivity contribution is 5.97. The maximum Gasteiger partial charge on any atom is 0.291 e. The molecule has 1 aliphatic heterocycles. The first-order valence-electron chi connectivity index (χ1n) is 8.85. The first-order valence-corrected chi connectivity index (χ1v) is 8.85. The van der Waals surface area contributed by atoms with Crippen LogP contribution in [-0.4, -0.2) is 47.0 Å². The van der Waals surface area contributed by atoms with Crippen molar-refractivity contribution in [1.82, 2.24) is 15.0 Å². The van der Waals surface area contributed by atoms with E-state index in [2.05, 4.69) is 4.98 Å². The number of methoxy groups -OCH3 is 1. The van der Waals surface area contributed by atoms with Gasteiger partial charge in [0.15, 0.2) is 0 Å². The molecule has 2 heterocycles. The van der Waals surface area contributed by atoms with Gasteiger partial charge in [0.25, 0.3) is 11.8 Å². The Morgan fingerprint density at radius 2 is 1.77 bits per heavy atom. The van der Waals surface area contributed by atoms with Crippen molar-refractivity contribution in [1.29, 1.82) is 0 Å². The second-order valence-corrected chi connectivity index (χ2v) is 6.74. The fraction of sp³-hybridized carbons (Fsp3) is 0.350. The van der Waals surface area contributed by atoms with E-state index in [0.29, 0.717) is 18.8 Å². The van der Waals surface area contributed by atoms with Gasteiger partial charge in [-0.1, -0.05) is 18.2 Å². The van der Waals surface area contributed by atoms with Crippen molar-refractivity contribution in [3.05, 3.63) is 59.9 Å². The molecule has 0 radical (unpaired) electrons. The van der Waals surface area contributed by atoms with Crippen molar-refractivity contribution < 1.29 is 14.3 Å². The standard InChI is InChI=1S/C20H21N3O3/c1-26-16-8-6-15(7-9-16)20(10-11-20)19(25)23-14-4-13-22(23)18(24)17-5-2-3-12-21-17/h2-3,5-9,12H,4,10-11,13-14H2,1H3. The number of hydrazine groups is 1.